The van der Waals surface area contributed by atoms with Crippen molar-refractivity contribution in [1.82, 2.24) is 5.43 Å². The van der Waals surface area contributed by atoms with Crippen LogP contribution in [0.4, 0.5) is 5.69 Å². The SMILES string of the molecule is Cc1ccc(/C=N\NC(=O)CNc2cccc3ccccc23)o1. The highest BCUT2D eigenvalue weighted by Gasteiger charge is 2.03. The van der Waals surface area contributed by atoms with E-state index in [1.165, 1.54) is 6.21 Å². The van der Waals surface area contributed by atoms with Gasteiger partial charge >= 0.3 is 0 Å². The zero-order valence-corrected chi connectivity index (χ0v) is 12.7. The van der Waals surface area contributed by atoms with Crippen LogP contribution in [0.5, 0.6) is 0 Å². The van der Waals surface area contributed by atoms with Gasteiger partial charge in [-0.05, 0) is 30.5 Å². The van der Waals surface area contributed by atoms with E-state index in [4.69, 9.17) is 4.42 Å². The van der Waals surface area contributed by atoms with Gasteiger partial charge in [-0.25, -0.2) is 5.43 Å². The van der Waals surface area contributed by atoms with Crippen LogP contribution in [0.2, 0.25) is 0 Å². The van der Waals surface area contributed by atoms with Gasteiger partial charge in [0, 0.05) is 11.1 Å². The molecule has 0 saturated heterocycles. The largest absolute Gasteiger partial charge is 0.460 e. The molecule has 1 aromatic heterocycles. The van der Waals surface area contributed by atoms with Gasteiger partial charge in [0.25, 0.3) is 5.91 Å². The number of nitrogens with zero attached hydrogens (tertiary/aromatic N) is 1. The summed E-state index contributed by atoms with van der Waals surface area (Å²) in [5.41, 5.74) is 3.39. The molecule has 0 aliphatic carbocycles. The summed E-state index contributed by atoms with van der Waals surface area (Å²) in [5, 5.41) is 9.21. The van der Waals surface area contributed by atoms with Gasteiger partial charge in [-0.2, -0.15) is 5.10 Å². The van der Waals surface area contributed by atoms with E-state index < -0.39 is 0 Å². The number of rotatable bonds is 5. The molecule has 0 aliphatic heterocycles. The predicted molar refractivity (Wildman–Crippen MR) is 91.6 cm³/mol. The number of fused-ring (bicyclic) bond motifs is 1. The van der Waals surface area contributed by atoms with Crippen LogP contribution in [-0.2, 0) is 4.79 Å². The van der Waals surface area contributed by atoms with Gasteiger partial charge in [0.1, 0.15) is 11.5 Å². The van der Waals surface area contributed by atoms with Crippen molar-refractivity contribution in [2.45, 2.75) is 6.92 Å². The number of aryl methyl sites for hydroxylation is 1. The van der Waals surface area contributed by atoms with E-state index in [0.717, 1.165) is 22.2 Å². The van der Waals surface area contributed by atoms with Gasteiger partial charge < -0.3 is 9.73 Å². The highest BCUT2D eigenvalue weighted by atomic mass is 16.3. The van der Waals surface area contributed by atoms with E-state index in [0.29, 0.717) is 5.76 Å². The van der Waals surface area contributed by atoms with Crippen LogP contribution >= 0.6 is 0 Å². The zero-order valence-electron chi connectivity index (χ0n) is 12.7. The number of hydrazone groups is 1. The lowest BCUT2D eigenvalue weighted by Gasteiger charge is -2.08. The molecule has 3 aromatic rings. The van der Waals surface area contributed by atoms with E-state index >= 15 is 0 Å². The molecule has 0 aliphatic rings. The molecular weight excluding hydrogens is 290 g/mol. The van der Waals surface area contributed by atoms with Crippen LogP contribution in [0.3, 0.4) is 0 Å². The lowest BCUT2D eigenvalue weighted by molar-refractivity contribution is -0.119. The summed E-state index contributed by atoms with van der Waals surface area (Å²) in [6, 6.07) is 17.6. The molecule has 2 N–H and O–H groups in total. The fourth-order valence-electron chi connectivity index (χ4n) is 2.29. The first-order valence-electron chi connectivity index (χ1n) is 7.32. The third-order valence-electron chi connectivity index (χ3n) is 3.37. The first-order valence-corrected chi connectivity index (χ1v) is 7.32. The molecule has 0 saturated carbocycles. The molecule has 0 fully saturated rings. The average Bonchev–Trinajstić information content (AvgIpc) is 2.98. The summed E-state index contributed by atoms with van der Waals surface area (Å²) in [5.74, 6) is 1.18. The van der Waals surface area contributed by atoms with Gasteiger partial charge in [0.05, 0.1) is 12.8 Å². The molecule has 5 nitrogen and oxygen atoms in total. The zero-order chi connectivity index (χ0) is 16.1. The minimum Gasteiger partial charge on any atom is -0.460 e. The summed E-state index contributed by atoms with van der Waals surface area (Å²) < 4.78 is 5.33. The van der Waals surface area contributed by atoms with Gasteiger partial charge in [-0.15, -0.1) is 0 Å². The van der Waals surface area contributed by atoms with Crippen molar-refractivity contribution in [3.63, 3.8) is 0 Å². The number of anilines is 1. The average molecular weight is 307 g/mol. The van der Waals surface area contributed by atoms with Gasteiger partial charge in [-0.3, -0.25) is 4.79 Å². The second-order valence-electron chi connectivity index (χ2n) is 5.12. The molecule has 0 radical (unpaired) electrons. The molecule has 3 rings (SSSR count). The first-order chi connectivity index (χ1) is 11.2. The Kier molecular flexibility index (Phi) is 4.38. The predicted octanol–water partition coefficient (Wildman–Crippen LogP) is 3.30. The summed E-state index contributed by atoms with van der Waals surface area (Å²) in [6.07, 6.45) is 1.48. The number of benzene rings is 2. The number of hydrogen-bond donors (Lipinski definition) is 2. The van der Waals surface area contributed by atoms with E-state index in [1.54, 1.807) is 6.07 Å². The van der Waals surface area contributed by atoms with Crippen molar-refractivity contribution in [1.29, 1.82) is 0 Å². The van der Waals surface area contributed by atoms with Gasteiger partial charge in [-0.1, -0.05) is 36.4 Å². The monoisotopic (exact) mass is 307 g/mol. The third-order valence-corrected chi connectivity index (χ3v) is 3.37. The van der Waals surface area contributed by atoms with Crippen molar-refractivity contribution in [2.75, 3.05) is 11.9 Å². The maximum atomic E-state index is 11.8. The molecule has 23 heavy (non-hydrogen) atoms. The van der Waals surface area contributed by atoms with Crippen molar-refractivity contribution in [3.8, 4) is 0 Å². The standard InChI is InChI=1S/C18H17N3O2/c1-13-9-10-15(23-13)11-20-21-18(22)12-19-17-8-4-6-14-5-2-3-7-16(14)17/h2-11,19H,12H2,1H3,(H,21,22)/b20-11-. The Balaban J connectivity index is 1.57. The summed E-state index contributed by atoms with van der Waals surface area (Å²) in [6.45, 7) is 1.99. The van der Waals surface area contributed by atoms with Crippen LogP contribution in [0.15, 0.2) is 64.1 Å². The molecular formula is C18H17N3O2. The summed E-state index contributed by atoms with van der Waals surface area (Å²) in [4.78, 5) is 11.8. The molecule has 1 heterocycles. The molecule has 5 heteroatoms. The van der Waals surface area contributed by atoms with E-state index in [1.807, 2.05) is 55.5 Å². The van der Waals surface area contributed by atoms with Gasteiger partial charge in [0.2, 0.25) is 0 Å². The Bertz CT molecular complexity index is 847. The van der Waals surface area contributed by atoms with Crippen LogP contribution in [-0.4, -0.2) is 18.7 Å². The van der Waals surface area contributed by atoms with E-state index in [-0.39, 0.29) is 12.5 Å². The quantitative estimate of drug-likeness (QED) is 0.561. The van der Waals surface area contributed by atoms with E-state index in [9.17, 15) is 4.79 Å². The fourth-order valence-corrected chi connectivity index (χ4v) is 2.29. The molecule has 0 spiro atoms. The lowest BCUT2D eigenvalue weighted by Crippen LogP contribution is -2.25. The molecule has 0 unspecified atom stereocenters. The fraction of sp³-hybridized carbons (Fsp3) is 0.111. The number of hydrogen-bond acceptors (Lipinski definition) is 4. The summed E-state index contributed by atoms with van der Waals surface area (Å²) in [7, 11) is 0. The van der Waals surface area contributed by atoms with E-state index in [2.05, 4.69) is 15.8 Å². The Morgan fingerprint density at radius 2 is 1.96 bits per heavy atom. The van der Waals surface area contributed by atoms with Crippen LogP contribution in [0, 0.1) is 6.92 Å². The molecule has 2 aromatic carbocycles. The van der Waals surface area contributed by atoms with Crippen molar-refractivity contribution in [2.24, 2.45) is 5.10 Å². The number of amides is 1. The van der Waals surface area contributed by atoms with Crippen LogP contribution in [0.1, 0.15) is 11.5 Å². The number of carbonyl (C=O) groups is 1. The molecule has 1 amide bonds. The van der Waals surface area contributed by atoms with Crippen molar-refractivity contribution in [3.05, 3.63) is 66.1 Å². The number of furan rings is 1. The molecule has 116 valence electrons. The highest BCUT2D eigenvalue weighted by Crippen LogP contribution is 2.22. The minimum absolute atomic E-state index is 0.141. The van der Waals surface area contributed by atoms with Crippen molar-refractivity contribution < 1.29 is 9.21 Å². The Morgan fingerprint density at radius 1 is 1.13 bits per heavy atom. The Morgan fingerprint density at radius 3 is 2.78 bits per heavy atom. The smallest absolute Gasteiger partial charge is 0.259 e. The normalized spacial score (nSPS) is 11.0. The number of carbonyl (C=O) groups excluding carboxylic acids is 1. The van der Waals surface area contributed by atoms with Crippen molar-refractivity contribution >= 4 is 28.6 Å². The number of nitrogens with one attached hydrogen (secondary N) is 2. The Hall–Kier alpha value is -3.08. The van der Waals surface area contributed by atoms with Crippen LogP contribution < -0.4 is 10.7 Å². The lowest BCUT2D eigenvalue weighted by atomic mass is 10.1. The van der Waals surface area contributed by atoms with Gasteiger partial charge in [0.15, 0.2) is 0 Å². The topological polar surface area (TPSA) is 66.6 Å². The highest BCUT2D eigenvalue weighted by molar-refractivity contribution is 5.95. The summed E-state index contributed by atoms with van der Waals surface area (Å²) >= 11 is 0. The Labute approximate surface area is 134 Å². The second-order valence-corrected chi connectivity index (χ2v) is 5.12. The third kappa shape index (κ3) is 3.77. The second kappa shape index (κ2) is 6.79. The maximum absolute atomic E-state index is 11.8. The maximum Gasteiger partial charge on any atom is 0.259 e. The first kappa shape index (κ1) is 14.8. The molecule has 0 atom stereocenters. The van der Waals surface area contributed by atoms with Crippen LogP contribution in [0.25, 0.3) is 10.8 Å². The minimum atomic E-state index is -0.225. The molecule has 0 bridgehead atoms.